The van der Waals surface area contributed by atoms with Gasteiger partial charge in [-0.2, -0.15) is 18.3 Å². The number of carbonyl (C=O) groups excluding carboxylic acids is 1. The minimum absolute atomic E-state index is 0.0141. The number of piperidine rings is 1. The Bertz CT molecular complexity index is 902. The third kappa shape index (κ3) is 5.59. The van der Waals surface area contributed by atoms with Gasteiger partial charge in [0.1, 0.15) is 0 Å². The van der Waals surface area contributed by atoms with Crippen LogP contribution in [0.5, 0.6) is 0 Å². The third-order valence-corrected chi connectivity index (χ3v) is 7.22. The number of hydrogen-bond acceptors (Lipinski definition) is 4. The molecule has 3 fully saturated rings. The summed E-state index contributed by atoms with van der Waals surface area (Å²) in [4.78, 5) is 35.0. The van der Waals surface area contributed by atoms with Crippen LogP contribution in [0.3, 0.4) is 0 Å². The Hall–Kier alpha value is -2.79. The molecular weight excluding hydrogens is 445 g/mol. The number of carboxylic acid groups (broad SMARTS) is 2. The van der Waals surface area contributed by atoms with E-state index in [0.717, 1.165) is 30.2 Å². The minimum atomic E-state index is -5.08. The van der Waals surface area contributed by atoms with Crippen LogP contribution in [0.15, 0.2) is 12.4 Å². The van der Waals surface area contributed by atoms with E-state index < -0.39 is 24.0 Å². The number of amides is 2. The largest absolute Gasteiger partial charge is 0.490 e. The van der Waals surface area contributed by atoms with Gasteiger partial charge in [0, 0.05) is 38.3 Å². The van der Waals surface area contributed by atoms with E-state index in [1.807, 2.05) is 13.2 Å². The molecule has 33 heavy (non-hydrogen) atoms. The van der Waals surface area contributed by atoms with Crippen molar-refractivity contribution < 1.29 is 37.8 Å². The van der Waals surface area contributed by atoms with E-state index >= 15 is 0 Å². The number of nitrogens with zero attached hydrogens (tertiary/aromatic N) is 3. The second kappa shape index (κ2) is 8.86. The first kappa shape index (κ1) is 24.8. The first-order chi connectivity index (χ1) is 15.2. The van der Waals surface area contributed by atoms with Crippen LogP contribution < -0.4 is 5.32 Å². The summed E-state index contributed by atoms with van der Waals surface area (Å²) in [6.07, 6.45) is 1.25. The molecule has 3 aliphatic rings. The van der Waals surface area contributed by atoms with Crippen molar-refractivity contribution in [1.82, 2.24) is 20.0 Å². The van der Waals surface area contributed by atoms with Crippen molar-refractivity contribution in [2.24, 2.45) is 30.2 Å². The van der Waals surface area contributed by atoms with Gasteiger partial charge in [-0.05, 0) is 42.1 Å². The van der Waals surface area contributed by atoms with Crippen LogP contribution >= 0.6 is 0 Å². The predicted molar refractivity (Wildman–Crippen MR) is 109 cm³/mol. The lowest BCUT2D eigenvalue weighted by Gasteiger charge is -2.36. The maximum atomic E-state index is 12.8. The summed E-state index contributed by atoms with van der Waals surface area (Å²) in [6.45, 7) is 5.44. The Kier molecular flexibility index (Phi) is 6.67. The normalized spacial score (nSPS) is 30.0. The van der Waals surface area contributed by atoms with Crippen molar-refractivity contribution in [3.05, 3.63) is 18.0 Å². The van der Waals surface area contributed by atoms with Crippen LogP contribution in [-0.4, -0.2) is 68.2 Å². The van der Waals surface area contributed by atoms with Crippen molar-refractivity contribution in [3.8, 4) is 0 Å². The van der Waals surface area contributed by atoms with Crippen LogP contribution in [0.1, 0.15) is 44.6 Å². The number of alkyl halides is 3. The zero-order valence-electron chi connectivity index (χ0n) is 18.7. The van der Waals surface area contributed by atoms with Gasteiger partial charge in [0.05, 0.1) is 12.1 Å². The fraction of sp³-hybridized carbons (Fsp3) is 0.714. The lowest BCUT2D eigenvalue weighted by Crippen LogP contribution is -2.51. The first-order valence-corrected chi connectivity index (χ1v) is 10.8. The third-order valence-electron chi connectivity index (χ3n) is 7.22. The second-order valence-corrected chi connectivity index (χ2v) is 9.78. The number of nitrogens with one attached hydrogen (secondary N) is 1. The van der Waals surface area contributed by atoms with E-state index in [4.69, 9.17) is 9.90 Å². The molecule has 4 rings (SSSR count). The summed E-state index contributed by atoms with van der Waals surface area (Å²) < 4.78 is 33.5. The maximum absolute atomic E-state index is 12.8. The van der Waals surface area contributed by atoms with Gasteiger partial charge in [0.25, 0.3) is 0 Å². The summed E-state index contributed by atoms with van der Waals surface area (Å²) in [6, 6.07) is 0.113. The molecule has 2 amide bonds. The van der Waals surface area contributed by atoms with E-state index in [-0.39, 0.29) is 24.5 Å². The van der Waals surface area contributed by atoms with Gasteiger partial charge < -0.3 is 20.4 Å². The number of likely N-dealkylation sites (tertiary alicyclic amines) is 1. The van der Waals surface area contributed by atoms with Gasteiger partial charge in [-0.1, -0.05) is 13.8 Å². The number of urea groups is 1. The fourth-order valence-corrected chi connectivity index (χ4v) is 5.22. The molecule has 0 radical (unpaired) electrons. The summed E-state index contributed by atoms with van der Waals surface area (Å²) in [7, 11) is 1.85. The lowest BCUT2D eigenvalue weighted by atomic mass is 9.86. The van der Waals surface area contributed by atoms with E-state index in [2.05, 4.69) is 24.3 Å². The van der Waals surface area contributed by atoms with E-state index in [9.17, 15) is 27.9 Å². The van der Waals surface area contributed by atoms with Gasteiger partial charge in [-0.3, -0.25) is 9.48 Å². The first-order valence-electron chi connectivity index (χ1n) is 10.8. The second-order valence-electron chi connectivity index (χ2n) is 9.78. The molecule has 1 aromatic heterocycles. The minimum Gasteiger partial charge on any atom is -0.481 e. The molecule has 2 heterocycles. The highest BCUT2D eigenvalue weighted by Gasteiger charge is 2.62. The summed E-state index contributed by atoms with van der Waals surface area (Å²) in [5.41, 5.74) is 1.44. The Labute approximate surface area is 188 Å². The Morgan fingerprint density at radius 1 is 1.12 bits per heavy atom. The number of aliphatic carboxylic acids is 2. The van der Waals surface area contributed by atoms with Crippen molar-refractivity contribution in [2.75, 3.05) is 13.1 Å². The average molecular weight is 474 g/mol. The van der Waals surface area contributed by atoms with Crippen LogP contribution in [0, 0.1) is 23.2 Å². The van der Waals surface area contributed by atoms with Crippen molar-refractivity contribution in [3.63, 3.8) is 0 Å². The Morgan fingerprint density at radius 3 is 2.15 bits per heavy atom. The summed E-state index contributed by atoms with van der Waals surface area (Å²) >= 11 is 0. The van der Waals surface area contributed by atoms with Crippen LogP contribution in [-0.2, 0) is 16.6 Å². The highest BCUT2D eigenvalue weighted by atomic mass is 19.4. The van der Waals surface area contributed by atoms with Gasteiger partial charge in [0.15, 0.2) is 0 Å². The number of hydrogen-bond donors (Lipinski definition) is 3. The lowest BCUT2D eigenvalue weighted by molar-refractivity contribution is -0.192. The van der Waals surface area contributed by atoms with Crippen LogP contribution in [0.25, 0.3) is 0 Å². The number of rotatable bonds is 3. The van der Waals surface area contributed by atoms with Crippen molar-refractivity contribution in [1.29, 1.82) is 0 Å². The van der Waals surface area contributed by atoms with Crippen LogP contribution in [0.4, 0.5) is 18.0 Å². The number of carbonyl (C=O) groups is 3. The molecule has 9 nitrogen and oxygen atoms in total. The van der Waals surface area contributed by atoms with Gasteiger partial charge in [0.2, 0.25) is 0 Å². The summed E-state index contributed by atoms with van der Waals surface area (Å²) in [5, 5.41) is 24.0. The SMILES string of the molecule is Cn1cc(C2CC(C(=O)O)CN(C(=O)NC3C[C@@H]4[C@H](C3)C4(C)C)C2)cn1.O=C(O)C(F)(F)F. The zero-order valence-corrected chi connectivity index (χ0v) is 18.7. The number of halogens is 3. The number of fused-ring (bicyclic) bond motifs is 1. The number of aromatic nitrogens is 2. The molecule has 3 unspecified atom stereocenters. The molecular formula is C21H29F3N4O5. The smallest absolute Gasteiger partial charge is 0.481 e. The summed E-state index contributed by atoms with van der Waals surface area (Å²) in [5.74, 6) is -2.66. The molecule has 5 atom stereocenters. The van der Waals surface area contributed by atoms with Gasteiger partial charge in [-0.25, -0.2) is 9.59 Å². The molecule has 0 spiro atoms. The van der Waals surface area contributed by atoms with E-state index in [1.54, 1.807) is 15.8 Å². The van der Waals surface area contributed by atoms with Gasteiger partial charge >= 0.3 is 24.1 Å². The standard InChI is InChI=1S/C19H28N4O3.C2HF3O2/c1-19(2)15-5-14(6-16(15)19)21-18(26)23-9-11(4-12(10-23)17(24)25)13-7-20-22(3)8-13;3-2(4,5)1(6)7/h7-8,11-12,14-16H,4-6,9-10H2,1-3H3,(H,21,26)(H,24,25);(H,6,7)/t11?,12?,14?,15-,16+;. The van der Waals surface area contributed by atoms with Gasteiger partial charge in [-0.15, -0.1) is 0 Å². The molecule has 2 saturated carbocycles. The van der Waals surface area contributed by atoms with Crippen molar-refractivity contribution in [2.45, 2.75) is 51.2 Å². The maximum Gasteiger partial charge on any atom is 0.490 e. The molecule has 3 N–H and O–H groups in total. The monoisotopic (exact) mass is 474 g/mol. The molecule has 2 aliphatic carbocycles. The highest BCUT2D eigenvalue weighted by molar-refractivity contribution is 5.77. The molecule has 0 aromatic carbocycles. The van der Waals surface area contributed by atoms with Crippen molar-refractivity contribution >= 4 is 18.0 Å². The molecule has 1 aromatic rings. The topological polar surface area (TPSA) is 125 Å². The number of carboxylic acids is 2. The molecule has 0 bridgehead atoms. The molecule has 12 heteroatoms. The van der Waals surface area contributed by atoms with Crippen LogP contribution in [0.2, 0.25) is 0 Å². The van der Waals surface area contributed by atoms with E-state index in [0.29, 0.717) is 18.4 Å². The molecule has 184 valence electrons. The Morgan fingerprint density at radius 2 is 1.70 bits per heavy atom. The molecule has 1 saturated heterocycles. The molecule has 1 aliphatic heterocycles. The average Bonchev–Trinajstić information content (AvgIpc) is 3.12. The highest BCUT2D eigenvalue weighted by Crippen LogP contribution is 2.66. The fourth-order valence-electron chi connectivity index (χ4n) is 5.22. The quantitative estimate of drug-likeness (QED) is 0.619. The zero-order chi connectivity index (χ0) is 24.7. The Balaban J connectivity index is 0.000000383. The predicted octanol–water partition coefficient (Wildman–Crippen LogP) is 2.69. The van der Waals surface area contributed by atoms with E-state index in [1.165, 1.54) is 0 Å². The number of aryl methyl sites for hydroxylation is 1.